The van der Waals surface area contributed by atoms with Crippen LogP contribution in [-0.4, -0.2) is 18.1 Å². The molecule has 2 N–H and O–H groups in total. The van der Waals surface area contributed by atoms with Crippen molar-refractivity contribution in [3.05, 3.63) is 94.5 Å². The van der Waals surface area contributed by atoms with Gasteiger partial charge in [-0.1, -0.05) is 23.7 Å². The highest BCUT2D eigenvalue weighted by Gasteiger charge is 2.10. The Morgan fingerprint density at radius 3 is 2.71 bits per heavy atom. The lowest BCUT2D eigenvalue weighted by atomic mass is 10.0. The molecule has 0 fully saturated rings. The third-order valence-corrected chi connectivity index (χ3v) is 6.96. The zero-order valence-electron chi connectivity index (χ0n) is 18.2. The standard InChI is InChI=1S/C27H22ClF2N3S/c28-19-4-6-21-25(8-11-33-26(21)13-19)32-10-1-9-31-15-18-3-2-17(12-24(18)30)23-16-34-27-7-5-20(29)14-22(23)27/h2-8,11-14,16,31H,1,9-10,15H2,(H,32,33). The predicted octanol–water partition coefficient (Wildman–Crippen LogP) is 7.64. The number of pyridine rings is 1. The van der Waals surface area contributed by atoms with Crippen molar-refractivity contribution >= 4 is 49.6 Å². The van der Waals surface area contributed by atoms with Gasteiger partial charge in [0.1, 0.15) is 11.6 Å². The Bertz CT molecular complexity index is 1470. The Morgan fingerprint density at radius 1 is 0.912 bits per heavy atom. The molecule has 2 heterocycles. The molecule has 0 radical (unpaired) electrons. The molecule has 0 spiro atoms. The number of rotatable bonds is 8. The molecule has 0 unspecified atom stereocenters. The molecule has 0 aliphatic carbocycles. The average Bonchev–Trinajstić information content (AvgIpc) is 3.25. The number of fused-ring (bicyclic) bond motifs is 2. The van der Waals surface area contributed by atoms with Crippen molar-refractivity contribution in [3.63, 3.8) is 0 Å². The number of hydrogen-bond acceptors (Lipinski definition) is 4. The molecular weight excluding hydrogens is 472 g/mol. The largest absolute Gasteiger partial charge is 0.384 e. The molecular formula is C27H22ClF2N3S. The van der Waals surface area contributed by atoms with Crippen LogP contribution in [0.15, 0.2) is 72.2 Å². The second-order valence-corrected chi connectivity index (χ2v) is 9.42. The van der Waals surface area contributed by atoms with Crippen LogP contribution in [0.4, 0.5) is 14.5 Å². The summed E-state index contributed by atoms with van der Waals surface area (Å²) in [4.78, 5) is 4.35. The molecule has 5 aromatic rings. The van der Waals surface area contributed by atoms with Gasteiger partial charge < -0.3 is 10.6 Å². The van der Waals surface area contributed by atoms with Gasteiger partial charge in [0.25, 0.3) is 0 Å². The molecule has 172 valence electrons. The Kier molecular flexibility index (Phi) is 6.72. The van der Waals surface area contributed by atoms with Crippen molar-refractivity contribution in [3.8, 4) is 11.1 Å². The van der Waals surface area contributed by atoms with Crippen molar-refractivity contribution in [2.45, 2.75) is 13.0 Å². The van der Waals surface area contributed by atoms with Gasteiger partial charge in [-0.05, 0) is 72.4 Å². The van der Waals surface area contributed by atoms with Gasteiger partial charge in [0, 0.05) is 56.6 Å². The molecule has 7 heteroatoms. The van der Waals surface area contributed by atoms with Crippen LogP contribution in [0.25, 0.3) is 32.1 Å². The normalized spacial score (nSPS) is 11.4. The third kappa shape index (κ3) is 4.89. The van der Waals surface area contributed by atoms with Gasteiger partial charge >= 0.3 is 0 Å². The SMILES string of the molecule is Fc1ccc2scc(-c3ccc(CNCCCNc4ccnc5cc(Cl)ccc45)c(F)c3)c2c1. The summed E-state index contributed by atoms with van der Waals surface area (Å²) in [6, 6.07) is 17.6. The van der Waals surface area contributed by atoms with E-state index < -0.39 is 0 Å². The minimum absolute atomic E-state index is 0.263. The maximum atomic E-state index is 14.8. The van der Waals surface area contributed by atoms with E-state index in [0.717, 1.165) is 57.3 Å². The van der Waals surface area contributed by atoms with Crippen LogP contribution in [0.5, 0.6) is 0 Å². The summed E-state index contributed by atoms with van der Waals surface area (Å²) in [6.45, 7) is 1.97. The summed E-state index contributed by atoms with van der Waals surface area (Å²) in [5, 5.41) is 11.2. The summed E-state index contributed by atoms with van der Waals surface area (Å²) >= 11 is 7.58. The molecule has 0 atom stereocenters. The smallest absolute Gasteiger partial charge is 0.128 e. The highest BCUT2D eigenvalue weighted by Crippen LogP contribution is 2.35. The summed E-state index contributed by atoms with van der Waals surface area (Å²) in [5.74, 6) is -0.551. The maximum Gasteiger partial charge on any atom is 0.128 e. The topological polar surface area (TPSA) is 37.0 Å². The number of halogens is 3. The van der Waals surface area contributed by atoms with Crippen molar-refractivity contribution in [1.29, 1.82) is 0 Å². The first-order chi connectivity index (χ1) is 16.6. The van der Waals surface area contributed by atoms with Crippen LogP contribution < -0.4 is 10.6 Å². The summed E-state index contributed by atoms with van der Waals surface area (Å²) in [5.41, 5.74) is 4.10. The van der Waals surface area contributed by atoms with Gasteiger partial charge in [-0.3, -0.25) is 4.98 Å². The second kappa shape index (κ2) is 10.1. The minimum Gasteiger partial charge on any atom is -0.384 e. The van der Waals surface area contributed by atoms with E-state index in [1.807, 2.05) is 35.7 Å². The fourth-order valence-electron chi connectivity index (χ4n) is 4.02. The molecule has 0 aliphatic heterocycles. The van der Waals surface area contributed by atoms with E-state index in [1.165, 1.54) is 29.5 Å². The zero-order valence-corrected chi connectivity index (χ0v) is 19.8. The fraction of sp³-hybridized carbons (Fsp3) is 0.148. The Balaban J connectivity index is 1.15. The first-order valence-electron chi connectivity index (χ1n) is 11.0. The van der Waals surface area contributed by atoms with E-state index in [4.69, 9.17) is 11.6 Å². The lowest BCUT2D eigenvalue weighted by Crippen LogP contribution is -2.18. The van der Waals surface area contributed by atoms with Crippen LogP contribution >= 0.6 is 22.9 Å². The van der Waals surface area contributed by atoms with Gasteiger partial charge in [-0.25, -0.2) is 8.78 Å². The Labute approximate surface area is 205 Å². The number of aromatic nitrogens is 1. The quantitative estimate of drug-likeness (QED) is 0.218. The molecule has 34 heavy (non-hydrogen) atoms. The average molecular weight is 494 g/mol. The van der Waals surface area contributed by atoms with Crippen molar-refractivity contribution < 1.29 is 8.78 Å². The number of nitrogens with one attached hydrogen (secondary N) is 2. The summed E-state index contributed by atoms with van der Waals surface area (Å²) in [6.07, 6.45) is 2.64. The fourth-order valence-corrected chi connectivity index (χ4v) is 5.13. The van der Waals surface area contributed by atoms with Crippen LogP contribution in [-0.2, 0) is 6.54 Å². The number of hydrogen-bond donors (Lipinski definition) is 2. The first kappa shape index (κ1) is 22.7. The molecule has 3 nitrogen and oxygen atoms in total. The van der Waals surface area contributed by atoms with E-state index in [2.05, 4.69) is 15.6 Å². The first-order valence-corrected chi connectivity index (χ1v) is 12.3. The second-order valence-electron chi connectivity index (χ2n) is 8.07. The maximum absolute atomic E-state index is 14.8. The molecule has 0 bridgehead atoms. The molecule has 0 amide bonds. The lowest BCUT2D eigenvalue weighted by Gasteiger charge is -2.11. The zero-order chi connectivity index (χ0) is 23.5. The molecule has 3 aromatic carbocycles. The third-order valence-electron chi connectivity index (χ3n) is 5.77. The van der Waals surface area contributed by atoms with Crippen LogP contribution in [0.2, 0.25) is 5.02 Å². The van der Waals surface area contributed by atoms with E-state index in [0.29, 0.717) is 17.1 Å². The molecule has 0 saturated heterocycles. The molecule has 0 aliphatic rings. The van der Waals surface area contributed by atoms with Crippen LogP contribution in [0, 0.1) is 11.6 Å². The minimum atomic E-state index is -0.288. The van der Waals surface area contributed by atoms with Crippen molar-refractivity contribution in [2.75, 3.05) is 18.4 Å². The monoisotopic (exact) mass is 493 g/mol. The highest BCUT2D eigenvalue weighted by atomic mass is 35.5. The van der Waals surface area contributed by atoms with Crippen molar-refractivity contribution in [2.24, 2.45) is 0 Å². The number of benzene rings is 3. The highest BCUT2D eigenvalue weighted by molar-refractivity contribution is 7.17. The predicted molar refractivity (Wildman–Crippen MR) is 139 cm³/mol. The van der Waals surface area contributed by atoms with E-state index in [1.54, 1.807) is 18.3 Å². The van der Waals surface area contributed by atoms with E-state index in [-0.39, 0.29) is 11.6 Å². The summed E-state index contributed by atoms with van der Waals surface area (Å²) < 4.78 is 29.4. The Morgan fingerprint density at radius 2 is 1.82 bits per heavy atom. The van der Waals surface area contributed by atoms with Gasteiger partial charge in [0.2, 0.25) is 0 Å². The lowest BCUT2D eigenvalue weighted by molar-refractivity contribution is 0.585. The summed E-state index contributed by atoms with van der Waals surface area (Å²) in [7, 11) is 0. The van der Waals surface area contributed by atoms with Crippen LogP contribution in [0.3, 0.4) is 0 Å². The Hall–Kier alpha value is -3.06. The number of nitrogens with zero attached hydrogens (tertiary/aromatic N) is 1. The van der Waals surface area contributed by atoms with E-state index in [9.17, 15) is 8.78 Å². The molecule has 5 rings (SSSR count). The number of thiophene rings is 1. The number of anilines is 1. The molecule has 2 aromatic heterocycles. The van der Waals surface area contributed by atoms with Gasteiger partial charge in [-0.15, -0.1) is 11.3 Å². The molecule has 0 saturated carbocycles. The van der Waals surface area contributed by atoms with Gasteiger partial charge in [0.05, 0.1) is 5.52 Å². The van der Waals surface area contributed by atoms with E-state index >= 15 is 0 Å². The van der Waals surface area contributed by atoms with Gasteiger partial charge in [-0.2, -0.15) is 0 Å². The van der Waals surface area contributed by atoms with Crippen molar-refractivity contribution in [1.82, 2.24) is 10.3 Å². The van der Waals surface area contributed by atoms with Crippen LogP contribution in [0.1, 0.15) is 12.0 Å². The van der Waals surface area contributed by atoms with Gasteiger partial charge in [0.15, 0.2) is 0 Å².